The number of hydrogen-bond donors (Lipinski definition) is 0. The Morgan fingerprint density at radius 1 is 1.31 bits per heavy atom. The van der Waals surface area contributed by atoms with Crippen LogP contribution < -0.4 is 4.74 Å². The van der Waals surface area contributed by atoms with Crippen LogP contribution in [-0.4, -0.2) is 27.8 Å². The number of aryl methyl sites for hydroxylation is 1. The summed E-state index contributed by atoms with van der Waals surface area (Å²) in [7, 11) is 1.46. The second-order valence-corrected chi connectivity index (χ2v) is 3.87. The van der Waals surface area contributed by atoms with E-state index < -0.39 is 0 Å². The molecule has 0 amide bonds. The van der Waals surface area contributed by atoms with Gasteiger partial charge >= 0.3 is 0 Å². The summed E-state index contributed by atoms with van der Waals surface area (Å²) in [5, 5.41) is 0. The van der Waals surface area contributed by atoms with Crippen LogP contribution in [-0.2, 0) is 0 Å². The van der Waals surface area contributed by atoms with Gasteiger partial charge in [-0.15, -0.1) is 11.3 Å². The van der Waals surface area contributed by atoms with Gasteiger partial charge in [-0.25, -0.2) is 15.0 Å². The van der Waals surface area contributed by atoms with Gasteiger partial charge in [-0.05, 0) is 6.92 Å². The van der Waals surface area contributed by atoms with E-state index in [0.29, 0.717) is 10.6 Å². The van der Waals surface area contributed by atoms with Crippen molar-refractivity contribution in [2.24, 2.45) is 0 Å². The third kappa shape index (κ3) is 1.79. The molecule has 0 radical (unpaired) electrons. The van der Waals surface area contributed by atoms with Crippen molar-refractivity contribution in [1.29, 1.82) is 0 Å². The van der Waals surface area contributed by atoms with Crippen molar-refractivity contribution in [3.63, 3.8) is 0 Å². The Kier molecular flexibility index (Phi) is 2.91. The Hall–Kier alpha value is -1.82. The molecule has 0 saturated heterocycles. The Morgan fingerprint density at radius 3 is 2.69 bits per heavy atom. The molecule has 0 N–H and O–H groups in total. The summed E-state index contributed by atoms with van der Waals surface area (Å²) in [6, 6.07) is 0. The van der Waals surface area contributed by atoms with Crippen LogP contribution in [0, 0.1) is 6.92 Å². The van der Waals surface area contributed by atoms with Gasteiger partial charge in [0.05, 0.1) is 23.2 Å². The van der Waals surface area contributed by atoms with Gasteiger partial charge in [-0.2, -0.15) is 0 Å². The third-order valence-corrected chi connectivity index (χ3v) is 2.95. The van der Waals surface area contributed by atoms with E-state index in [1.807, 2.05) is 0 Å². The first-order valence-corrected chi connectivity index (χ1v) is 5.41. The highest BCUT2D eigenvalue weighted by atomic mass is 32.1. The minimum atomic E-state index is -0.204. The molecule has 16 heavy (non-hydrogen) atoms. The summed E-state index contributed by atoms with van der Waals surface area (Å²) in [6.45, 7) is 1.78. The SMILES string of the molecule is COc1nccnc1C(=O)c1scnc1C. The molecule has 2 aromatic rings. The van der Waals surface area contributed by atoms with Gasteiger partial charge in [-0.1, -0.05) is 0 Å². The van der Waals surface area contributed by atoms with E-state index in [9.17, 15) is 4.79 Å². The standard InChI is InChI=1S/C10H9N3O2S/c1-6-9(16-5-13-6)8(14)7-10(15-2)12-4-3-11-7/h3-5H,1-2H3. The van der Waals surface area contributed by atoms with E-state index in [1.54, 1.807) is 12.4 Å². The lowest BCUT2D eigenvalue weighted by Crippen LogP contribution is -2.07. The first-order chi connectivity index (χ1) is 7.74. The van der Waals surface area contributed by atoms with Crippen LogP contribution in [0.25, 0.3) is 0 Å². The van der Waals surface area contributed by atoms with Crippen LogP contribution in [0.4, 0.5) is 0 Å². The van der Waals surface area contributed by atoms with Crippen LogP contribution >= 0.6 is 11.3 Å². The molecular formula is C10H9N3O2S. The zero-order valence-corrected chi connectivity index (χ0v) is 9.61. The maximum absolute atomic E-state index is 12.1. The van der Waals surface area contributed by atoms with Crippen LogP contribution in [0.15, 0.2) is 17.9 Å². The lowest BCUT2D eigenvalue weighted by atomic mass is 10.2. The second-order valence-electron chi connectivity index (χ2n) is 3.01. The number of nitrogens with zero attached hydrogens (tertiary/aromatic N) is 3. The van der Waals surface area contributed by atoms with Gasteiger partial charge < -0.3 is 4.74 Å². The van der Waals surface area contributed by atoms with Crippen LogP contribution in [0.2, 0.25) is 0 Å². The number of hydrogen-bond acceptors (Lipinski definition) is 6. The number of carbonyl (C=O) groups is 1. The van der Waals surface area contributed by atoms with E-state index in [1.165, 1.54) is 30.8 Å². The summed E-state index contributed by atoms with van der Waals surface area (Å²) in [5.74, 6) is 0.0326. The predicted molar refractivity (Wildman–Crippen MR) is 58.9 cm³/mol. The average molecular weight is 235 g/mol. The average Bonchev–Trinajstić information content (AvgIpc) is 2.74. The van der Waals surface area contributed by atoms with Crippen molar-refractivity contribution in [3.8, 4) is 5.88 Å². The first kappa shape index (κ1) is 10.7. The van der Waals surface area contributed by atoms with Crippen LogP contribution in [0.3, 0.4) is 0 Å². The molecule has 0 aliphatic rings. The van der Waals surface area contributed by atoms with Crippen LogP contribution in [0.5, 0.6) is 5.88 Å². The van der Waals surface area contributed by atoms with Crippen molar-refractivity contribution < 1.29 is 9.53 Å². The number of methoxy groups -OCH3 is 1. The number of carbonyl (C=O) groups excluding carboxylic acids is 1. The fraction of sp³-hybridized carbons (Fsp3) is 0.200. The quantitative estimate of drug-likeness (QED) is 0.754. The molecule has 0 aliphatic heterocycles. The molecule has 2 rings (SSSR count). The highest BCUT2D eigenvalue weighted by Gasteiger charge is 2.20. The monoisotopic (exact) mass is 235 g/mol. The topological polar surface area (TPSA) is 65.0 Å². The molecule has 2 heterocycles. The summed E-state index contributed by atoms with van der Waals surface area (Å²) in [6.07, 6.45) is 2.95. The Balaban J connectivity index is 2.46. The lowest BCUT2D eigenvalue weighted by molar-refractivity contribution is 0.103. The Bertz CT molecular complexity index is 524. The second kappa shape index (κ2) is 4.36. The maximum atomic E-state index is 12.1. The molecule has 2 aromatic heterocycles. The summed E-state index contributed by atoms with van der Waals surface area (Å²) in [4.78, 5) is 24.6. The van der Waals surface area contributed by atoms with Gasteiger partial charge in [0, 0.05) is 12.4 Å². The van der Waals surface area contributed by atoms with Crippen molar-refractivity contribution >= 4 is 17.1 Å². The van der Waals surface area contributed by atoms with Gasteiger partial charge in [0.15, 0.2) is 5.69 Å². The molecule has 0 bridgehead atoms. The zero-order chi connectivity index (χ0) is 11.5. The molecule has 0 aromatic carbocycles. The Labute approximate surface area is 96.2 Å². The largest absolute Gasteiger partial charge is 0.479 e. The minimum absolute atomic E-state index is 0.204. The molecule has 0 fully saturated rings. The fourth-order valence-corrected chi connectivity index (χ4v) is 2.00. The first-order valence-electron chi connectivity index (χ1n) is 4.54. The van der Waals surface area contributed by atoms with E-state index >= 15 is 0 Å². The fourth-order valence-electron chi connectivity index (χ4n) is 1.26. The molecule has 0 unspecified atom stereocenters. The lowest BCUT2D eigenvalue weighted by Gasteiger charge is -2.03. The molecule has 0 spiro atoms. The number of ether oxygens (including phenoxy) is 1. The summed E-state index contributed by atoms with van der Waals surface area (Å²) < 4.78 is 4.99. The van der Waals surface area contributed by atoms with E-state index in [4.69, 9.17) is 4.74 Å². The normalized spacial score (nSPS) is 10.1. The number of rotatable bonds is 3. The molecule has 0 atom stereocenters. The van der Waals surface area contributed by atoms with Gasteiger partial charge in [0.25, 0.3) is 0 Å². The number of ketones is 1. The molecule has 0 aliphatic carbocycles. The van der Waals surface area contributed by atoms with Crippen molar-refractivity contribution in [3.05, 3.63) is 34.2 Å². The summed E-state index contributed by atoms with van der Waals surface area (Å²) >= 11 is 1.29. The van der Waals surface area contributed by atoms with Crippen molar-refractivity contribution in [2.45, 2.75) is 6.92 Å². The van der Waals surface area contributed by atoms with E-state index in [-0.39, 0.29) is 17.4 Å². The molecule has 6 heteroatoms. The molecule has 0 saturated carbocycles. The summed E-state index contributed by atoms with van der Waals surface area (Å²) in [5.41, 5.74) is 2.55. The number of aromatic nitrogens is 3. The van der Waals surface area contributed by atoms with Gasteiger partial charge in [0.1, 0.15) is 0 Å². The molecule has 5 nitrogen and oxygen atoms in total. The van der Waals surface area contributed by atoms with Crippen LogP contribution in [0.1, 0.15) is 21.1 Å². The van der Waals surface area contributed by atoms with E-state index in [2.05, 4.69) is 15.0 Å². The maximum Gasteiger partial charge on any atom is 0.243 e. The van der Waals surface area contributed by atoms with Crippen molar-refractivity contribution in [1.82, 2.24) is 15.0 Å². The molecule has 82 valence electrons. The predicted octanol–water partition coefficient (Wildman–Crippen LogP) is 1.48. The van der Waals surface area contributed by atoms with E-state index in [0.717, 1.165) is 0 Å². The zero-order valence-electron chi connectivity index (χ0n) is 8.80. The minimum Gasteiger partial charge on any atom is -0.479 e. The Morgan fingerprint density at radius 2 is 2.06 bits per heavy atom. The molecular weight excluding hydrogens is 226 g/mol. The van der Waals surface area contributed by atoms with Gasteiger partial charge in [0.2, 0.25) is 11.7 Å². The number of thiazole rings is 1. The highest BCUT2D eigenvalue weighted by Crippen LogP contribution is 2.20. The van der Waals surface area contributed by atoms with Gasteiger partial charge in [-0.3, -0.25) is 4.79 Å². The third-order valence-electron chi connectivity index (χ3n) is 2.02. The smallest absolute Gasteiger partial charge is 0.243 e. The van der Waals surface area contributed by atoms with Crippen molar-refractivity contribution in [2.75, 3.05) is 7.11 Å². The highest BCUT2D eigenvalue weighted by molar-refractivity contribution is 7.12.